The van der Waals surface area contributed by atoms with E-state index < -0.39 is 0 Å². The Hall–Kier alpha value is -2.88. The van der Waals surface area contributed by atoms with E-state index in [0.29, 0.717) is 0 Å². The predicted molar refractivity (Wildman–Crippen MR) is 92.9 cm³/mol. The van der Waals surface area contributed by atoms with Crippen molar-refractivity contribution in [2.75, 3.05) is 6.54 Å². The van der Waals surface area contributed by atoms with E-state index in [1.165, 1.54) is 22.0 Å². The fourth-order valence-corrected chi connectivity index (χ4v) is 3.67. The van der Waals surface area contributed by atoms with E-state index in [-0.39, 0.29) is 0 Å². The Kier molecular flexibility index (Phi) is 2.37. The standard InChI is InChI=1S/C19H16N4/c1-11-5-3-6-14-15-8-10-23-12(2)13-7-4-9-20-18(13)22-19(23)17(15)21-16(11)14/h3-7,9,21H,2,8,10H2,1H3. The molecule has 2 aliphatic heterocycles. The molecule has 112 valence electrons. The lowest BCUT2D eigenvalue weighted by Crippen LogP contribution is -2.38. The van der Waals surface area contributed by atoms with Gasteiger partial charge < -0.3 is 9.88 Å². The molecule has 4 heteroatoms. The predicted octanol–water partition coefficient (Wildman–Crippen LogP) is 3.79. The highest BCUT2D eigenvalue weighted by molar-refractivity contribution is 6.11. The Balaban J connectivity index is 1.81. The molecule has 0 saturated heterocycles. The van der Waals surface area contributed by atoms with Crippen LogP contribution in [0.4, 0.5) is 5.82 Å². The highest BCUT2D eigenvalue weighted by atomic mass is 15.2. The molecule has 1 N–H and O–H groups in total. The average Bonchev–Trinajstić information content (AvgIpc) is 2.96. The number of fused-ring (bicyclic) bond motifs is 6. The molecule has 0 radical (unpaired) electrons. The number of rotatable bonds is 0. The third-order valence-corrected chi connectivity index (χ3v) is 4.85. The maximum atomic E-state index is 4.82. The van der Waals surface area contributed by atoms with Crippen LogP contribution in [0.15, 0.2) is 48.1 Å². The lowest BCUT2D eigenvalue weighted by Gasteiger charge is -2.34. The molecule has 1 aromatic carbocycles. The van der Waals surface area contributed by atoms with Crippen LogP contribution in [0.25, 0.3) is 16.6 Å². The molecule has 0 atom stereocenters. The molecule has 23 heavy (non-hydrogen) atoms. The van der Waals surface area contributed by atoms with Crippen molar-refractivity contribution in [2.24, 2.45) is 4.99 Å². The van der Waals surface area contributed by atoms with Crippen LogP contribution in [-0.4, -0.2) is 27.2 Å². The summed E-state index contributed by atoms with van der Waals surface area (Å²) < 4.78 is 0. The summed E-state index contributed by atoms with van der Waals surface area (Å²) in [5.41, 5.74) is 6.94. The number of aromatic nitrogens is 2. The fourth-order valence-electron chi connectivity index (χ4n) is 3.67. The molecule has 0 spiro atoms. The normalized spacial score (nSPS) is 16.0. The number of aromatic amines is 1. The number of nitrogens with one attached hydrogen (secondary N) is 1. The molecular weight excluding hydrogens is 284 g/mol. The van der Waals surface area contributed by atoms with Crippen LogP contribution in [0.5, 0.6) is 0 Å². The number of benzene rings is 1. The highest BCUT2D eigenvalue weighted by Crippen LogP contribution is 2.38. The van der Waals surface area contributed by atoms with Crippen LogP contribution in [-0.2, 0) is 6.42 Å². The van der Waals surface area contributed by atoms with E-state index in [2.05, 4.69) is 46.6 Å². The third-order valence-electron chi connectivity index (χ3n) is 4.85. The SMILES string of the molecule is C=C1c2cccnc2N=C2c3[nH]c4c(C)cccc4c3CCN12. The van der Waals surface area contributed by atoms with Crippen molar-refractivity contribution in [1.82, 2.24) is 14.9 Å². The molecular formula is C19H16N4. The molecule has 2 aliphatic rings. The summed E-state index contributed by atoms with van der Waals surface area (Å²) in [6.45, 7) is 7.32. The minimum absolute atomic E-state index is 0.756. The summed E-state index contributed by atoms with van der Waals surface area (Å²) in [5.74, 6) is 1.70. The van der Waals surface area contributed by atoms with Crippen LogP contribution in [0.2, 0.25) is 0 Å². The van der Waals surface area contributed by atoms with Crippen LogP contribution in [0.3, 0.4) is 0 Å². The summed E-state index contributed by atoms with van der Waals surface area (Å²) in [5, 5.41) is 1.31. The fraction of sp³-hybridized carbons (Fsp3) is 0.158. The van der Waals surface area contributed by atoms with E-state index in [1.807, 2.05) is 12.1 Å². The first kappa shape index (κ1) is 12.6. The van der Waals surface area contributed by atoms with Crippen molar-refractivity contribution >= 4 is 28.3 Å². The number of nitrogens with zero attached hydrogens (tertiary/aromatic N) is 3. The quantitative estimate of drug-likeness (QED) is 0.686. The van der Waals surface area contributed by atoms with Gasteiger partial charge in [-0.25, -0.2) is 9.98 Å². The summed E-state index contributed by atoms with van der Waals surface area (Å²) in [7, 11) is 0. The number of hydrogen-bond donors (Lipinski definition) is 1. The molecule has 3 aromatic rings. The smallest absolute Gasteiger partial charge is 0.163 e. The van der Waals surface area contributed by atoms with Crippen molar-refractivity contribution < 1.29 is 0 Å². The summed E-state index contributed by atoms with van der Waals surface area (Å²) in [4.78, 5) is 15.0. The Morgan fingerprint density at radius 1 is 1.22 bits per heavy atom. The Morgan fingerprint density at radius 2 is 2.13 bits per heavy atom. The first-order valence-electron chi connectivity index (χ1n) is 7.85. The van der Waals surface area contributed by atoms with E-state index in [1.54, 1.807) is 6.20 Å². The molecule has 5 rings (SSSR count). The van der Waals surface area contributed by atoms with Gasteiger partial charge in [0.1, 0.15) is 0 Å². The average molecular weight is 300 g/mol. The van der Waals surface area contributed by atoms with Crippen LogP contribution in [0.1, 0.15) is 22.4 Å². The van der Waals surface area contributed by atoms with Crippen molar-refractivity contribution in [2.45, 2.75) is 13.3 Å². The molecule has 4 nitrogen and oxygen atoms in total. The van der Waals surface area contributed by atoms with Gasteiger partial charge in [-0.3, -0.25) is 0 Å². The van der Waals surface area contributed by atoms with Gasteiger partial charge in [0.05, 0.1) is 5.69 Å². The van der Waals surface area contributed by atoms with Crippen LogP contribution < -0.4 is 0 Å². The number of pyridine rings is 1. The minimum atomic E-state index is 0.756. The molecule has 0 saturated carbocycles. The van der Waals surface area contributed by atoms with Gasteiger partial charge in [0, 0.05) is 34.9 Å². The van der Waals surface area contributed by atoms with Gasteiger partial charge in [-0.1, -0.05) is 24.8 Å². The maximum Gasteiger partial charge on any atom is 0.163 e. The second-order valence-corrected chi connectivity index (χ2v) is 6.13. The van der Waals surface area contributed by atoms with Gasteiger partial charge >= 0.3 is 0 Å². The van der Waals surface area contributed by atoms with Crippen molar-refractivity contribution in [1.29, 1.82) is 0 Å². The zero-order valence-electron chi connectivity index (χ0n) is 12.9. The summed E-state index contributed by atoms with van der Waals surface area (Å²) in [6.07, 6.45) is 2.78. The lowest BCUT2D eigenvalue weighted by molar-refractivity contribution is 0.561. The zero-order chi connectivity index (χ0) is 15.6. The number of amidine groups is 1. The summed E-state index contributed by atoms with van der Waals surface area (Å²) in [6, 6.07) is 10.4. The van der Waals surface area contributed by atoms with E-state index in [0.717, 1.165) is 41.6 Å². The largest absolute Gasteiger partial charge is 0.352 e. The topological polar surface area (TPSA) is 44.3 Å². The van der Waals surface area contributed by atoms with Crippen molar-refractivity contribution in [3.05, 3.63) is 65.5 Å². The highest BCUT2D eigenvalue weighted by Gasteiger charge is 2.32. The minimum Gasteiger partial charge on any atom is -0.352 e. The third kappa shape index (κ3) is 1.60. The van der Waals surface area contributed by atoms with E-state index in [4.69, 9.17) is 4.99 Å². The molecule has 4 heterocycles. The molecule has 0 bridgehead atoms. The second kappa shape index (κ2) is 4.32. The number of aryl methyl sites for hydroxylation is 1. The molecule has 0 amide bonds. The van der Waals surface area contributed by atoms with Gasteiger partial charge in [0.2, 0.25) is 0 Å². The van der Waals surface area contributed by atoms with Crippen molar-refractivity contribution in [3.63, 3.8) is 0 Å². The zero-order valence-corrected chi connectivity index (χ0v) is 12.9. The number of aliphatic imine (C=N–C) groups is 1. The first-order chi connectivity index (χ1) is 11.2. The molecule has 0 aliphatic carbocycles. The lowest BCUT2D eigenvalue weighted by atomic mass is 9.99. The number of hydrogen-bond acceptors (Lipinski definition) is 3. The van der Waals surface area contributed by atoms with Crippen molar-refractivity contribution in [3.8, 4) is 0 Å². The molecule has 0 fully saturated rings. The van der Waals surface area contributed by atoms with E-state index in [9.17, 15) is 0 Å². The Bertz CT molecular complexity index is 1010. The van der Waals surface area contributed by atoms with Gasteiger partial charge in [-0.2, -0.15) is 0 Å². The summed E-state index contributed by atoms with van der Waals surface area (Å²) >= 11 is 0. The number of para-hydroxylation sites is 1. The van der Waals surface area contributed by atoms with Gasteiger partial charge in [0.25, 0.3) is 0 Å². The first-order valence-corrected chi connectivity index (χ1v) is 7.85. The maximum absolute atomic E-state index is 4.82. The van der Waals surface area contributed by atoms with Crippen LogP contribution >= 0.6 is 0 Å². The Morgan fingerprint density at radius 3 is 3.04 bits per heavy atom. The van der Waals surface area contributed by atoms with Gasteiger partial charge in [-0.15, -0.1) is 0 Å². The number of H-pyrrole nitrogens is 1. The molecule has 2 aromatic heterocycles. The van der Waals surface area contributed by atoms with Gasteiger partial charge in [0.15, 0.2) is 11.7 Å². The van der Waals surface area contributed by atoms with Crippen LogP contribution in [0, 0.1) is 6.92 Å². The Labute approximate surface area is 134 Å². The molecule has 0 unspecified atom stereocenters. The second-order valence-electron chi connectivity index (χ2n) is 6.13. The monoisotopic (exact) mass is 300 g/mol. The van der Waals surface area contributed by atoms with Gasteiger partial charge in [-0.05, 0) is 36.6 Å². The van der Waals surface area contributed by atoms with E-state index >= 15 is 0 Å².